The van der Waals surface area contributed by atoms with E-state index in [9.17, 15) is 0 Å². The van der Waals surface area contributed by atoms with Gasteiger partial charge in [0.25, 0.3) is 5.89 Å². The zero-order valence-electron chi connectivity index (χ0n) is 8.11. The summed E-state index contributed by atoms with van der Waals surface area (Å²) in [6, 6.07) is 7.14. The van der Waals surface area contributed by atoms with Crippen molar-refractivity contribution in [2.75, 3.05) is 0 Å². The smallest absolute Gasteiger partial charge is 0.253 e. The van der Waals surface area contributed by atoms with E-state index in [1.54, 1.807) is 19.1 Å². The van der Waals surface area contributed by atoms with Gasteiger partial charge in [-0.1, -0.05) is 17.7 Å². The maximum atomic E-state index is 5.80. The van der Waals surface area contributed by atoms with E-state index in [0.29, 0.717) is 22.6 Å². The lowest BCUT2D eigenvalue weighted by atomic mass is 10.3. The fourth-order valence-electron chi connectivity index (χ4n) is 1.10. The van der Waals surface area contributed by atoms with E-state index < -0.39 is 0 Å². The predicted octanol–water partition coefficient (Wildman–Crippen LogP) is 2.61. The second kappa shape index (κ2) is 4.31. The van der Waals surface area contributed by atoms with Crippen LogP contribution in [0.1, 0.15) is 11.8 Å². The third-order valence-electron chi connectivity index (χ3n) is 1.73. The number of nitrogens with zero attached hydrogens (tertiary/aromatic N) is 2. The van der Waals surface area contributed by atoms with Crippen molar-refractivity contribution in [2.24, 2.45) is 0 Å². The first-order valence-electron chi connectivity index (χ1n) is 4.41. The van der Waals surface area contributed by atoms with Crippen molar-refractivity contribution in [3.8, 4) is 5.75 Å². The molecule has 5 heteroatoms. The molecule has 78 valence electrons. The first-order valence-corrected chi connectivity index (χ1v) is 4.79. The van der Waals surface area contributed by atoms with Gasteiger partial charge in [-0.3, -0.25) is 0 Å². The summed E-state index contributed by atoms with van der Waals surface area (Å²) < 4.78 is 10.6. The largest absolute Gasteiger partial charge is 0.484 e. The number of hydrogen-bond acceptors (Lipinski definition) is 4. The van der Waals surface area contributed by atoms with Crippen LogP contribution in [0, 0.1) is 6.92 Å². The van der Waals surface area contributed by atoms with Crippen LogP contribution in [0.25, 0.3) is 0 Å². The highest BCUT2D eigenvalue weighted by Crippen LogP contribution is 2.18. The minimum atomic E-state index is 0.251. The summed E-state index contributed by atoms with van der Waals surface area (Å²) in [5.74, 6) is 1.66. The van der Waals surface area contributed by atoms with Crippen molar-refractivity contribution in [3.05, 3.63) is 41.1 Å². The fourth-order valence-corrected chi connectivity index (χ4v) is 1.28. The van der Waals surface area contributed by atoms with E-state index in [1.807, 2.05) is 12.1 Å². The third-order valence-corrected chi connectivity index (χ3v) is 1.96. The van der Waals surface area contributed by atoms with Crippen molar-refractivity contribution in [2.45, 2.75) is 13.5 Å². The van der Waals surface area contributed by atoms with E-state index in [0.717, 1.165) is 0 Å². The molecule has 0 saturated carbocycles. The van der Waals surface area contributed by atoms with Gasteiger partial charge in [-0.05, 0) is 18.2 Å². The SMILES string of the molecule is Cc1nnc(COc2cccc(Cl)c2)o1. The monoisotopic (exact) mass is 224 g/mol. The summed E-state index contributed by atoms with van der Waals surface area (Å²) in [5, 5.41) is 8.14. The molecule has 0 aliphatic carbocycles. The van der Waals surface area contributed by atoms with Crippen molar-refractivity contribution in [3.63, 3.8) is 0 Å². The molecule has 0 saturated heterocycles. The van der Waals surface area contributed by atoms with E-state index in [4.69, 9.17) is 20.8 Å². The molecule has 0 unspecified atom stereocenters. The van der Waals surface area contributed by atoms with Crippen molar-refractivity contribution < 1.29 is 9.15 Å². The van der Waals surface area contributed by atoms with Crippen LogP contribution >= 0.6 is 11.6 Å². The molecular formula is C10H9ClN2O2. The standard InChI is InChI=1S/C10H9ClN2O2/c1-7-12-13-10(15-7)6-14-9-4-2-3-8(11)5-9/h2-5H,6H2,1H3. The van der Waals surface area contributed by atoms with Crippen molar-refractivity contribution in [1.29, 1.82) is 0 Å². The zero-order chi connectivity index (χ0) is 10.7. The molecule has 0 aliphatic rings. The summed E-state index contributed by atoms with van der Waals surface area (Å²) in [7, 11) is 0. The Kier molecular flexibility index (Phi) is 2.87. The third kappa shape index (κ3) is 2.70. The molecule has 0 aliphatic heterocycles. The normalized spacial score (nSPS) is 10.3. The lowest BCUT2D eigenvalue weighted by Gasteiger charge is -2.02. The first-order chi connectivity index (χ1) is 7.24. The lowest BCUT2D eigenvalue weighted by Crippen LogP contribution is -1.95. The minimum absolute atomic E-state index is 0.251. The lowest BCUT2D eigenvalue weighted by molar-refractivity contribution is 0.260. The maximum absolute atomic E-state index is 5.80. The van der Waals surface area contributed by atoms with Gasteiger partial charge in [0, 0.05) is 11.9 Å². The molecule has 15 heavy (non-hydrogen) atoms. The number of hydrogen-bond donors (Lipinski definition) is 0. The topological polar surface area (TPSA) is 48.2 Å². The van der Waals surface area contributed by atoms with Gasteiger partial charge in [0.2, 0.25) is 5.89 Å². The summed E-state index contributed by atoms with van der Waals surface area (Å²) in [6.07, 6.45) is 0. The number of benzene rings is 1. The summed E-state index contributed by atoms with van der Waals surface area (Å²) in [5.41, 5.74) is 0. The van der Waals surface area contributed by atoms with E-state index >= 15 is 0 Å². The Labute approximate surface area is 91.8 Å². The second-order valence-corrected chi connectivity index (χ2v) is 3.40. The van der Waals surface area contributed by atoms with E-state index in [-0.39, 0.29) is 6.61 Å². The van der Waals surface area contributed by atoms with E-state index in [2.05, 4.69) is 10.2 Å². The second-order valence-electron chi connectivity index (χ2n) is 2.96. The number of aromatic nitrogens is 2. The van der Waals surface area contributed by atoms with Crippen LogP contribution in [0.3, 0.4) is 0 Å². The Morgan fingerprint density at radius 3 is 2.93 bits per heavy atom. The summed E-state index contributed by atoms with van der Waals surface area (Å²) in [6.45, 7) is 1.98. The van der Waals surface area contributed by atoms with Gasteiger partial charge in [-0.25, -0.2) is 0 Å². The van der Waals surface area contributed by atoms with Crippen LogP contribution in [-0.4, -0.2) is 10.2 Å². The molecular weight excluding hydrogens is 216 g/mol. The molecule has 0 amide bonds. The molecule has 0 spiro atoms. The summed E-state index contributed by atoms with van der Waals surface area (Å²) >= 11 is 5.80. The Morgan fingerprint density at radius 1 is 1.40 bits per heavy atom. The highest BCUT2D eigenvalue weighted by atomic mass is 35.5. The van der Waals surface area contributed by atoms with Crippen molar-refractivity contribution >= 4 is 11.6 Å². The van der Waals surface area contributed by atoms with Crippen LogP contribution < -0.4 is 4.74 Å². The van der Waals surface area contributed by atoms with Crippen LogP contribution in [0.5, 0.6) is 5.75 Å². The summed E-state index contributed by atoms with van der Waals surface area (Å²) in [4.78, 5) is 0. The van der Waals surface area contributed by atoms with Crippen molar-refractivity contribution in [1.82, 2.24) is 10.2 Å². The molecule has 2 aromatic rings. The predicted molar refractivity (Wildman–Crippen MR) is 54.8 cm³/mol. The van der Waals surface area contributed by atoms with Gasteiger partial charge >= 0.3 is 0 Å². The minimum Gasteiger partial charge on any atom is -0.484 e. The number of halogens is 1. The number of ether oxygens (including phenoxy) is 1. The molecule has 1 aromatic heterocycles. The Hall–Kier alpha value is -1.55. The maximum Gasteiger partial charge on any atom is 0.253 e. The molecule has 0 N–H and O–H groups in total. The molecule has 4 nitrogen and oxygen atoms in total. The number of aryl methyl sites for hydroxylation is 1. The van der Waals surface area contributed by atoms with Gasteiger partial charge in [0.1, 0.15) is 5.75 Å². The Morgan fingerprint density at radius 2 is 2.27 bits per heavy atom. The zero-order valence-corrected chi connectivity index (χ0v) is 8.86. The number of rotatable bonds is 3. The van der Waals surface area contributed by atoms with Gasteiger partial charge < -0.3 is 9.15 Å². The van der Waals surface area contributed by atoms with Crippen LogP contribution in [0.4, 0.5) is 0 Å². The molecule has 0 radical (unpaired) electrons. The molecule has 0 bridgehead atoms. The highest BCUT2D eigenvalue weighted by Gasteiger charge is 2.03. The van der Waals surface area contributed by atoms with Gasteiger partial charge in [0.05, 0.1) is 0 Å². The molecule has 1 aromatic carbocycles. The van der Waals surface area contributed by atoms with Crippen LogP contribution in [-0.2, 0) is 6.61 Å². The highest BCUT2D eigenvalue weighted by molar-refractivity contribution is 6.30. The average molecular weight is 225 g/mol. The van der Waals surface area contributed by atoms with E-state index in [1.165, 1.54) is 0 Å². The first kappa shape index (κ1) is 9.98. The fraction of sp³-hybridized carbons (Fsp3) is 0.200. The van der Waals surface area contributed by atoms with Gasteiger partial charge in [0.15, 0.2) is 6.61 Å². The average Bonchev–Trinajstić information content (AvgIpc) is 2.62. The Balaban J connectivity index is 1.99. The molecule has 0 atom stereocenters. The van der Waals surface area contributed by atoms with Gasteiger partial charge in [-0.15, -0.1) is 10.2 Å². The molecule has 0 fully saturated rings. The molecule has 2 rings (SSSR count). The van der Waals surface area contributed by atoms with Crippen LogP contribution in [0.2, 0.25) is 5.02 Å². The molecule has 1 heterocycles. The van der Waals surface area contributed by atoms with Gasteiger partial charge in [-0.2, -0.15) is 0 Å². The van der Waals surface area contributed by atoms with Crippen LogP contribution in [0.15, 0.2) is 28.7 Å². The Bertz CT molecular complexity index is 456. The quantitative estimate of drug-likeness (QED) is 0.804.